The molecule has 8 nitrogen and oxygen atoms in total. The van der Waals surface area contributed by atoms with Gasteiger partial charge in [-0.25, -0.2) is 22.9 Å². The lowest BCUT2D eigenvalue weighted by atomic mass is 10.2. The van der Waals surface area contributed by atoms with Gasteiger partial charge in [-0.3, -0.25) is 5.32 Å². The van der Waals surface area contributed by atoms with Gasteiger partial charge in [-0.15, -0.1) is 0 Å². The molecule has 1 aromatic carbocycles. The van der Waals surface area contributed by atoms with Crippen molar-refractivity contribution in [3.8, 4) is 5.75 Å². The fourth-order valence-corrected chi connectivity index (χ4v) is 4.29. The second-order valence-electron chi connectivity index (χ2n) is 4.56. The number of ether oxygens (including phenoxy) is 1. The van der Waals surface area contributed by atoms with E-state index in [0.29, 0.717) is 20.4 Å². The number of para-hydroxylation sites is 1. The molecule has 0 fully saturated rings. The van der Waals surface area contributed by atoms with Gasteiger partial charge >= 0.3 is 6.03 Å². The number of carbonyl (C=O) groups excluding carboxylic acids is 1. The molecule has 0 aliphatic heterocycles. The van der Waals surface area contributed by atoms with Crippen molar-refractivity contribution in [3.05, 3.63) is 34.4 Å². The molecule has 24 heavy (non-hydrogen) atoms. The molecule has 3 rings (SSSR count). The highest BCUT2D eigenvalue weighted by molar-refractivity contribution is 9.11. The van der Waals surface area contributed by atoms with Crippen molar-refractivity contribution in [2.24, 2.45) is 0 Å². The summed E-state index contributed by atoms with van der Waals surface area (Å²) in [6.07, 6.45) is 2.81. The summed E-state index contributed by atoms with van der Waals surface area (Å²) in [5.74, 6) is 0.506. The highest BCUT2D eigenvalue weighted by Crippen LogP contribution is 2.29. The van der Waals surface area contributed by atoms with Gasteiger partial charge in [0.25, 0.3) is 10.0 Å². The van der Waals surface area contributed by atoms with Gasteiger partial charge in [0.05, 0.1) is 22.6 Å². The number of nitrogens with zero attached hydrogens (tertiary/aromatic N) is 1. The van der Waals surface area contributed by atoms with Crippen molar-refractivity contribution < 1.29 is 17.9 Å². The minimum absolute atomic E-state index is 0.0492. The first kappa shape index (κ1) is 16.7. The normalized spacial score (nSPS) is 11.4. The molecular formula is C13H11BrN4O4S2. The first-order chi connectivity index (χ1) is 11.4. The first-order valence-electron chi connectivity index (χ1n) is 6.50. The SMILES string of the molecule is COc1cccc2c(S(=O)(=O)NC(=O)Nc3ncc(Br)s3)c[nH]c12. The fraction of sp³-hybridized carbons (Fsp3) is 0.0769. The van der Waals surface area contributed by atoms with Crippen LogP contribution in [0.2, 0.25) is 0 Å². The van der Waals surface area contributed by atoms with Crippen LogP contribution in [0.15, 0.2) is 39.3 Å². The van der Waals surface area contributed by atoms with Crippen LogP contribution in [0.4, 0.5) is 9.93 Å². The Balaban J connectivity index is 1.87. The van der Waals surface area contributed by atoms with Crippen LogP contribution in [0, 0.1) is 0 Å². The van der Waals surface area contributed by atoms with Crippen molar-refractivity contribution in [2.75, 3.05) is 12.4 Å². The minimum Gasteiger partial charge on any atom is -0.495 e. The summed E-state index contributed by atoms with van der Waals surface area (Å²) in [6.45, 7) is 0. The Morgan fingerprint density at radius 1 is 1.42 bits per heavy atom. The molecule has 3 N–H and O–H groups in total. The van der Waals surface area contributed by atoms with E-state index in [4.69, 9.17) is 4.74 Å². The minimum atomic E-state index is -4.06. The fourth-order valence-electron chi connectivity index (χ4n) is 2.11. The van der Waals surface area contributed by atoms with E-state index in [1.165, 1.54) is 19.5 Å². The number of urea groups is 1. The zero-order chi connectivity index (χ0) is 17.3. The molecule has 0 saturated heterocycles. The average Bonchev–Trinajstić information content (AvgIpc) is 3.12. The number of aromatic amines is 1. The molecule has 0 radical (unpaired) electrons. The predicted molar refractivity (Wildman–Crippen MR) is 94.0 cm³/mol. The summed E-state index contributed by atoms with van der Waals surface area (Å²) in [6, 6.07) is 4.10. The number of carbonyl (C=O) groups is 1. The van der Waals surface area contributed by atoms with Crippen LogP contribution in [-0.4, -0.2) is 31.5 Å². The number of aromatic nitrogens is 2. The molecule has 0 atom stereocenters. The highest BCUT2D eigenvalue weighted by Gasteiger charge is 2.23. The molecule has 11 heteroatoms. The van der Waals surface area contributed by atoms with Gasteiger partial charge in [-0.1, -0.05) is 23.5 Å². The Morgan fingerprint density at radius 2 is 2.21 bits per heavy atom. The second-order valence-corrected chi connectivity index (χ2v) is 8.63. The van der Waals surface area contributed by atoms with E-state index in [1.54, 1.807) is 18.2 Å². The van der Waals surface area contributed by atoms with Gasteiger partial charge in [-0.05, 0) is 22.0 Å². The summed E-state index contributed by atoms with van der Waals surface area (Å²) in [7, 11) is -2.58. The third-order valence-corrected chi connectivity index (χ3v) is 5.84. The smallest absolute Gasteiger partial charge is 0.334 e. The number of fused-ring (bicyclic) bond motifs is 1. The molecular weight excluding hydrogens is 420 g/mol. The average molecular weight is 431 g/mol. The number of H-pyrrole nitrogens is 1. The summed E-state index contributed by atoms with van der Waals surface area (Å²) < 4.78 is 32.8. The van der Waals surface area contributed by atoms with Crippen molar-refractivity contribution in [1.29, 1.82) is 0 Å². The summed E-state index contributed by atoms with van der Waals surface area (Å²) in [5.41, 5.74) is 0.532. The lowest BCUT2D eigenvalue weighted by molar-refractivity contribution is 0.256. The number of anilines is 1. The van der Waals surface area contributed by atoms with Crippen molar-refractivity contribution in [1.82, 2.24) is 14.7 Å². The number of nitrogens with one attached hydrogen (secondary N) is 3. The van der Waals surface area contributed by atoms with Crippen molar-refractivity contribution in [3.63, 3.8) is 0 Å². The molecule has 0 unspecified atom stereocenters. The van der Waals surface area contributed by atoms with E-state index in [0.717, 1.165) is 11.3 Å². The molecule has 2 amide bonds. The summed E-state index contributed by atoms with van der Waals surface area (Å²) in [4.78, 5) is 18.6. The largest absolute Gasteiger partial charge is 0.495 e. The molecule has 0 bridgehead atoms. The Bertz CT molecular complexity index is 1010. The Morgan fingerprint density at radius 3 is 2.88 bits per heavy atom. The van der Waals surface area contributed by atoms with E-state index < -0.39 is 16.1 Å². The highest BCUT2D eigenvalue weighted by atomic mass is 79.9. The topological polar surface area (TPSA) is 113 Å². The van der Waals surface area contributed by atoms with E-state index in [9.17, 15) is 13.2 Å². The molecule has 2 aromatic heterocycles. The maximum atomic E-state index is 12.5. The number of thiazole rings is 1. The second kappa shape index (κ2) is 6.42. The van der Waals surface area contributed by atoms with Crippen molar-refractivity contribution >= 4 is 59.4 Å². The van der Waals surface area contributed by atoms with Gasteiger partial charge in [0.2, 0.25) is 0 Å². The third kappa shape index (κ3) is 3.23. The number of halogens is 1. The van der Waals surface area contributed by atoms with E-state index in [2.05, 4.69) is 31.2 Å². The molecule has 2 heterocycles. The summed E-state index contributed by atoms with van der Waals surface area (Å²) >= 11 is 4.37. The van der Waals surface area contributed by atoms with E-state index >= 15 is 0 Å². The standard InChI is InChI=1S/C13H11BrN4O4S2/c1-22-8-4-2-3-7-9(5-15-11(7)8)24(20,21)18-12(19)17-13-16-6-10(14)23-13/h2-6,15H,1H3,(H2,16,17,18,19). The maximum absolute atomic E-state index is 12.5. The number of methoxy groups -OCH3 is 1. The number of rotatable bonds is 4. The van der Waals surface area contributed by atoms with Crippen LogP contribution < -0.4 is 14.8 Å². The van der Waals surface area contributed by atoms with Crippen LogP contribution in [0.1, 0.15) is 0 Å². The molecule has 3 aromatic rings. The Kier molecular flexibility index (Phi) is 4.47. The molecule has 0 aliphatic carbocycles. The van der Waals surface area contributed by atoms with E-state index in [-0.39, 0.29) is 10.0 Å². The molecule has 126 valence electrons. The number of hydrogen-bond donors (Lipinski definition) is 3. The molecule has 0 aliphatic rings. The van der Waals surface area contributed by atoms with Gasteiger partial charge in [0.15, 0.2) is 5.13 Å². The molecule has 0 spiro atoms. The van der Waals surface area contributed by atoms with Gasteiger partial charge in [-0.2, -0.15) is 0 Å². The zero-order valence-electron chi connectivity index (χ0n) is 12.2. The summed E-state index contributed by atoms with van der Waals surface area (Å²) in [5, 5.41) is 3.06. The van der Waals surface area contributed by atoms with Crippen LogP contribution in [0.25, 0.3) is 10.9 Å². The monoisotopic (exact) mass is 430 g/mol. The lowest BCUT2D eigenvalue weighted by Gasteiger charge is -2.06. The van der Waals surface area contributed by atoms with Crippen LogP contribution in [-0.2, 0) is 10.0 Å². The van der Waals surface area contributed by atoms with Gasteiger partial charge in [0, 0.05) is 11.6 Å². The number of sulfonamides is 1. The van der Waals surface area contributed by atoms with Crippen LogP contribution >= 0.6 is 27.3 Å². The predicted octanol–water partition coefficient (Wildman–Crippen LogP) is 2.91. The van der Waals surface area contributed by atoms with Gasteiger partial charge in [0.1, 0.15) is 10.6 Å². The Hall–Kier alpha value is -2.11. The number of amides is 2. The van der Waals surface area contributed by atoms with Crippen LogP contribution in [0.3, 0.4) is 0 Å². The third-order valence-electron chi connectivity index (χ3n) is 3.07. The Labute approximate surface area is 149 Å². The van der Waals surface area contributed by atoms with E-state index in [1.807, 2.05) is 4.72 Å². The van der Waals surface area contributed by atoms with Crippen LogP contribution in [0.5, 0.6) is 5.75 Å². The van der Waals surface area contributed by atoms with Gasteiger partial charge < -0.3 is 9.72 Å². The number of hydrogen-bond acceptors (Lipinski definition) is 6. The molecule has 0 saturated carbocycles. The quantitative estimate of drug-likeness (QED) is 0.588. The lowest BCUT2D eigenvalue weighted by Crippen LogP contribution is -2.34. The number of benzene rings is 1. The first-order valence-corrected chi connectivity index (χ1v) is 9.59. The zero-order valence-corrected chi connectivity index (χ0v) is 15.4. The maximum Gasteiger partial charge on any atom is 0.334 e. The van der Waals surface area contributed by atoms with Crippen molar-refractivity contribution in [2.45, 2.75) is 4.90 Å².